The van der Waals surface area contributed by atoms with Crippen LogP contribution in [0.4, 0.5) is 5.69 Å². The number of allylic oxidation sites excluding steroid dienone is 2. The number of ketones is 1. The van der Waals surface area contributed by atoms with Crippen LogP contribution in [0.3, 0.4) is 0 Å². The summed E-state index contributed by atoms with van der Waals surface area (Å²) in [5.41, 5.74) is 1.34. The Morgan fingerprint density at radius 3 is 2.22 bits per heavy atom. The average molecular weight is 253 g/mol. The Balaban J connectivity index is 0.00000144. The predicted octanol–water partition coefficient (Wildman–Crippen LogP) is 0.992. The normalized spacial score (nSPS) is 16.4. The van der Waals surface area contributed by atoms with Gasteiger partial charge in [0.25, 0.3) is 5.92 Å². The zero-order valence-corrected chi connectivity index (χ0v) is 9.99. The van der Waals surface area contributed by atoms with Crippen molar-refractivity contribution in [1.29, 1.82) is 0 Å². The number of phenolic OH excluding ortho intramolecular Hbond substituents is 1. The van der Waals surface area contributed by atoms with Crippen molar-refractivity contribution in [2.75, 3.05) is 19.0 Å². The highest BCUT2D eigenvalue weighted by atomic mass is 16.3. The second kappa shape index (κ2) is 5.46. The number of hydrogen-bond acceptors (Lipinski definition) is 5. The van der Waals surface area contributed by atoms with Crippen molar-refractivity contribution in [2.24, 2.45) is 0 Å². The maximum Gasteiger partial charge on any atom is 0.578 e. The van der Waals surface area contributed by atoms with Crippen molar-refractivity contribution in [3.05, 3.63) is 35.6 Å². The molecule has 1 unspecified atom stereocenters. The summed E-state index contributed by atoms with van der Waals surface area (Å²) in [6.07, 6.45) is 2.34. The molecular formula is C12H15NO5. The molecule has 0 saturated heterocycles. The maximum atomic E-state index is 9.81. The number of anilines is 1. The predicted molar refractivity (Wildman–Crippen MR) is 65.4 cm³/mol. The zero-order valence-electron chi connectivity index (χ0n) is 9.99. The van der Waals surface area contributed by atoms with Gasteiger partial charge in [-0.3, -0.25) is 0 Å². The molecule has 98 valence electrons. The van der Waals surface area contributed by atoms with Crippen LogP contribution in [0.5, 0.6) is 5.75 Å². The van der Waals surface area contributed by atoms with Gasteiger partial charge in [-0.15, -0.1) is 0 Å². The smallest absolute Gasteiger partial charge is 0.578 e. The molecule has 0 radical (unpaired) electrons. The SMILES string of the molecule is CN(C)c1ccc(C2C(=[OH+])[C+]=C2O)c(O)c1.[OH-].[OH-]. The first-order chi connectivity index (χ1) is 7.50. The summed E-state index contributed by atoms with van der Waals surface area (Å²) in [4.78, 5) is 11.2. The lowest BCUT2D eigenvalue weighted by Crippen LogP contribution is -2.24. The quantitative estimate of drug-likeness (QED) is 0.600. The van der Waals surface area contributed by atoms with Gasteiger partial charge in [0.2, 0.25) is 0 Å². The van der Waals surface area contributed by atoms with Gasteiger partial charge in [0.15, 0.2) is 0 Å². The van der Waals surface area contributed by atoms with Gasteiger partial charge in [0, 0.05) is 31.4 Å². The van der Waals surface area contributed by atoms with E-state index < -0.39 is 5.92 Å². The second-order valence-corrected chi connectivity index (χ2v) is 3.97. The summed E-state index contributed by atoms with van der Waals surface area (Å²) in [6, 6.07) is 5.09. The molecule has 0 aromatic heterocycles. The van der Waals surface area contributed by atoms with Crippen molar-refractivity contribution in [1.82, 2.24) is 0 Å². The summed E-state index contributed by atoms with van der Waals surface area (Å²) in [5.74, 6) is -0.678. The minimum Gasteiger partial charge on any atom is -0.870 e. The molecule has 0 spiro atoms. The van der Waals surface area contributed by atoms with Crippen LogP contribution in [-0.4, -0.2) is 45.8 Å². The fourth-order valence-electron chi connectivity index (χ4n) is 1.68. The van der Waals surface area contributed by atoms with E-state index in [1.807, 2.05) is 25.1 Å². The van der Waals surface area contributed by atoms with Crippen molar-refractivity contribution >= 4 is 11.5 Å². The van der Waals surface area contributed by atoms with Crippen LogP contribution in [-0.2, 0) is 0 Å². The first-order valence-electron chi connectivity index (χ1n) is 4.89. The molecule has 0 saturated carbocycles. The third kappa shape index (κ3) is 2.41. The minimum atomic E-state index is -0.629. The Morgan fingerprint density at radius 1 is 1.22 bits per heavy atom. The van der Waals surface area contributed by atoms with Gasteiger partial charge in [-0.05, 0) is 6.07 Å². The number of rotatable bonds is 2. The van der Waals surface area contributed by atoms with E-state index >= 15 is 0 Å². The first kappa shape index (κ1) is 15.9. The highest BCUT2D eigenvalue weighted by Crippen LogP contribution is 2.37. The fraction of sp³-hybridized carbons (Fsp3) is 0.250. The fourth-order valence-corrected chi connectivity index (χ4v) is 1.68. The van der Waals surface area contributed by atoms with Crippen molar-refractivity contribution in [3.63, 3.8) is 0 Å². The Bertz CT molecular complexity index is 481. The number of carbonyl (C=O) groups excluding carboxylic acids is 1. The number of nitrogens with zero attached hydrogens (tertiary/aromatic N) is 1. The Hall–Kier alpha value is -2.14. The van der Waals surface area contributed by atoms with Gasteiger partial charge < -0.3 is 26.1 Å². The number of benzene rings is 1. The summed E-state index contributed by atoms with van der Waals surface area (Å²) in [7, 11) is 3.74. The highest BCUT2D eigenvalue weighted by molar-refractivity contribution is 6.02. The molecule has 2 rings (SSSR count). The molecule has 6 heteroatoms. The summed E-state index contributed by atoms with van der Waals surface area (Å²) >= 11 is 0. The molecule has 18 heavy (non-hydrogen) atoms. The first-order valence-corrected chi connectivity index (χ1v) is 4.89. The molecule has 6 nitrogen and oxygen atoms in total. The number of aliphatic hydroxyl groups excluding tert-OH is 1. The van der Waals surface area contributed by atoms with E-state index in [0.717, 1.165) is 5.69 Å². The number of hydrogen-bond donors (Lipinski definition) is 2. The summed E-state index contributed by atoms with van der Waals surface area (Å²) < 4.78 is 0. The van der Waals surface area contributed by atoms with E-state index in [2.05, 4.69) is 6.08 Å². The molecule has 1 aromatic rings. The molecule has 5 N–H and O–H groups in total. The van der Waals surface area contributed by atoms with Crippen LogP contribution in [0.2, 0.25) is 0 Å². The Labute approximate surface area is 104 Å². The van der Waals surface area contributed by atoms with E-state index in [-0.39, 0.29) is 28.2 Å². The van der Waals surface area contributed by atoms with Gasteiger partial charge in [-0.25, -0.2) is 4.79 Å². The molecule has 1 aliphatic rings. The lowest BCUT2D eigenvalue weighted by molar-refractivity contribution is 0.363. The number of aliphatic hydroxyl groups is 1. The molecular weight excluding hydrogens is 238 g/mol. The van der Waals surface area contributed by atoms with Crippen molar-refractivity contribution in [3.8, 4) is 5.75 Å². The number of aromatic hydroxyl groups is 1. The van der Waals surface area contributed by atoms with Crippen LogP contribution >= 0.6 is 0 Å². The van der Waals surface area contributed by atoms with Crippen molar-refractivity contribution in [2.45, 2.75) is 5.92 Å². The zero-order chi connectivity index (χ0) is 11.9. The molecule has 0 aliphatic heterocycles. The third-order valence-corrected chi connectivity index (χ3v) is 2.64. The van der Waals surface area contributed by atoms with E-state index in [1.54, 1.807) is 12.1 Å². The van der Waals surface area contributed by atoms with Gasteiger partial charge in [-0.1, -0.05) is 6.07 Å². The largest absolute Gasteiger partial charge is 0.870 e. The molecule has 1 atom stereocenters. The van der Waals surface area contributed by atoms with Gasteiger partial charge in [-0.2, -0.15) is 0 Å². The monoisotopic (exact) mass is 253 g/mol. The molecule has 1 aliphatic carbocycles. The molecule has 0 amide bonds. The molecule has 0 fully saturated rings. The minimum absolute atomic E-state index is 0. The van der Waals surface area contributed by atoms with Crippen LogP contribution in [0.25, 0.3) is 0 Å². The average Bonchev–Trinajstić information content (AvgIpc) is 2.20. The third-order valence-electron chi connectivity index (χ3n) is 2.64. The van der Waals surface area contributed by atoms with Gasteiger partial charge >= 0.3 is 17.6 Å². The summed E-state index contributed by atoms with van der Waals surface area (Å²) in [5, 5.41) is 19.1. The second-order valence-electron chi connectivity index (χ2n) is 3.97. The summed E-state index contributed by atoms with van der Waals surface area (Å²) in [6.45, 7) is 0. The highest BCUT2D eigenvalue weighted by Gasteiger charge is 2.57. The van der Waals surface area contributed by atoms with E-state index in [1.165, 1.54) is 0 Å². The van der Waals surface area contributed by atoms with E-state index in [4.69, 9.17) is 0 Å². The standard InChI is InChI=1S/C12H11NO3.2H2O/c1-13(2)7-3-4-8(9(14)5-7)12-10(15)6-11(12)16;;/h3-5,12H,1-2H3,(H-,14,15,16);2*1H2. The van der Waals surface area contributed by atoms with Crippen molar-refractivity contribution < 1.29 is 26.0 Å². The molecule has 0 bridgehead atoms. The van der Waals surface area contributed by atoms with Gasteiger partial charge in [0.05, 0.1) is 0 Å². The number of phenols is 1. The molecule has 1 aromatic carbocycles. The van der Waals surface area contributed by atoms with E-state index in [0.29, 0.717) is 5.56 Å². The lowest BCUT2D eigenvalue weighted by atomic mass is 9.83. The van der Waals surface area contributed by atoms with Crippen LogP contribution in [0.1, 0.15) is 11.5 Å². The van der Waals surface area contributed by atoms with Crippen LogP contribution < -0.4 is 4.90 Å². The Morgan fingerprint density at radius 2 is 1.83 bits per heavy atom. The lowest BCUT2D eigenvalue weighted by Gasteiger charge is -2.15. The van der Waals surface area contributed by atoms with Gasteiger partial charge in [0.1, 0.15) is 5.75 Å². The Kier molecular flexibility index (Phi) is 4.81. The van der Waals surface area contributed by atoms with Crippen LogP contribution in [0.15, 0.2) is 24.0 Å². The molecule has 0 heterocycles. The topological polar surface area (TPSA) is 125 Å². The maximum absolute atomic E-state index is 9.81. The van der Waals surface area contributed by atoms with E-state index in [9.17, 15) is 15.0 Å². The van der Waals surface area contributed by atoms with Crippen LogP contribution in [0, 0.1) is 6.08 Å².